The molecule has 1 amide bonds. The van der Waals surface area contributed by atoms with Crippen molar-refractivity contribution in [2.24, 2.45) is 5.73 Å². The number of nitrogens with one attached hydrogen (secondary N) is 2. The molecule has 5 N–H and O–H groups in total. The number of primary amides is 1. The van der Waals surface area contributed by atoms with Gasteiger partial charge in [-0.25, -0.2) is 0 Å². The van der Waals surface area contributed by atoms with E-state index in [-0.39, 0.29) is 11.7 Å². The van der Waals surface area contributed by atoms with E-state index in [9.17, 15) is 9.90 Å². The van der Waals surface area contributed by atoms with Gasteiger partial charge in [-0.1, -0.05) is 13.8 Å². The minimum absolute atomic E-state index is 0.207. The molecule has 2 rings (SSSR count). The lowest BCUT2D eigenvalue weighted by molar-refractivity contribution is -0.119. The molecule has 2 aromatic rings. The van der Waals surface area contributed by atoms with Crippen molar-refractivity contribution in [3.05, 3.63) is 30.0 Å². The van der Waals surface area contributed by atoms with Crippen LogP contribution in [0, 0.1) is 0 Å². The van der Waals surface area contributed by atoms with E-state index in [0.717, 1.165) is 16.5 Å². The summed E-state index contributed by atoms with van der Waals surface area (Å²) in [6.07, 6.45) is 2.33. The Morgan fingerprint density at radius 1 is 1.47 bits per heavy atom. The van der Waals surface area contributed by atoms with Crippen molar-refractivity contribution in [1.82, 2.24) is 10.3 Å². The highest BCUT2D eigenvalue weighted by atomic mass is 16.3. The van der Waals surface area contributed by atoms with Gasteiger partial charge in [-0.05, 0) is 37.2 Å². The maximum atomic E-state index is 11.2. The summed E-state index contributed by atoms with van der Waals surface area (Å²) >= 11 is 0. The average Bonchev–Trinajstić information content (AvgIpc) is 2.80. The number of phenolic OH excluding ortho intramolecular Hbond substituents is 1. The second-order valence-electron chi connectivity index (χ2n) is 3.99. The number of amides is 1. The first-order valence-corrected chi connectivity index (χ1v) is 6.37. The molecule has 1 atom stereocenters. The first-order valence-electron chi connectivity index (χ1n) is 6.37. The number of rotatable bonds is 4. The topological polar surface area (TPSA) is 91.1 Å². The number of aromatic hydroxyl groups is 1. The van der Waals surface area contributed by atoms with Crippen LogP contribution in [-0.2, 0) is 11.2 Å². The Labute approximate surface area is 112 Å². The van der Waals surface area contributed by atoms with Crippen LogP contribution in [-0.4, -0.2) is 29.1 Å². The number of H-pyrrole nitrogens is 1. The van der Waals surface area contributed by atoms with Crippen LogP contribution >= 0.6 is 0 Å². The molecule has 0 saturated heterocycles. The van der Waals surface area contributed by atoms with Crippen LogP contribution in [0.15, 0.2) is 24.4 Å². The fourth-order valence-electron chi connectivity index (χ4n) is 1.90. The molecule has 0 bridgehead atoms. The fraction of sp³-hybridized carbons (Fsp3) is 0.357. The summed E-state index contributed by atoms with van der Waals surface area (Å²) in [5.74, 6) is -0.180. The molecule has 0 radical (unpaired) electrons. The summed E-state index contributed by atoms with van der Waals surface area (Å²) in [4.78, 5) is 14.3. The van der Waals surface area contributed by atoms with Crippen LogP contribution < -0.4 is 11.1 Å². The van der Waals surface area contributed by atoms with E-state index in [0.29, 0.717) is 6.42 Å². The Morgan fingerprint density at radius 3 is 2.74 bits per heavy atom. The van der Waals surface area contributed by atoms with Crippen molar-refractivity contribution < 1.29 is 9.90 Å². The zero-order valence-corrected chi connectivity index (χ0v) is 11.5. The van der Waals surface area contributed by atoms with Crippen LogP contribution in [0.4, 0.5) is 0 Å². The number of likely N-dealkylation sites (N-methyl/N-ethyl adjacent to an activating group) is 1. The monoisotopic (exact) mass is 263 g/mol. The van der Waals surface area contributed by atoms with Gasteiger partial charge in [-0.15, -0.1) is 0 Å². The van der Waals surface area contributed by atoms with Gasteiger partial charge < -0.3 is 21.1 Å². The van der Waals surface area contributed by atoms with E-state index in [1.54, 1.807) is 25.2 Å². The largest absolute Gasteiger partial charge is 0.508 e. The third-order valence-corrected chi connectivity index (χ3v) is 2.87. The van der Waals surface area contributed by atoms with Crippen molar-refractivity contribution in [1.29, 1.82) is 0 Å². The number of aromatic amines is 1. The van der Waals surface area contributed by atoms with Gasteiger partial charge >= 0.3 is 0 Å². The van der Waals surface area contributed by atoms with Gasteiger partial charge in [0.2, 0.25) is 5.91 Å². The van der Waals surface area contributed by atoms with Crippen LogP contribution in [0.25, 0.3) is 10.9 Å². The number of fused-ring (bicyclic) bond motifs is 1. The second kappa shape index (κ2) is 6.80. The minimum atomic E-state index is -0.406. The smallest absolute Gasteiger partial charge is 0.234 e. The summed E-state index contributed by atoms with van der Waals surface area (Å²) in [7, 11) is 1.70. The highest BCUT2D eigenvalue weighted by Gasteiger charge is 2.15. The van der Waals surface area contributed by atoms with Crippen LogP contribution in [0.5, 0.6) is 5.75 Å². The standard InChI is InChI=1S/C12H15N3O2.C2H6/c1-14-11(12(13)17)4-7-6-15-10-3-2-8(16)5-9(7)10;1-2/h2-3,5-6,11,14-16H,4H2,1H3,(H2,13,17);1-2H3. The summed E-state index contributed by atoms with van der Waals surface area (Å²) in [5.41, 5.74) is 7.16. The van der Waals surface area contributed by atoms with Crippen molar-refractivity contribution in [2.75, 3.05) is 7.05 Å². The average molecular weight is 263 g/mol. The highest BCUT2D eigenvalue weighted by Crippen LogP contribution is 2.23. The quantitative estimate of drug-likeness (QED) is 0.674. The van der Waals surface area contributed by atoms with E-state index in [1.165, 1.54) is 0 Å². The summed E-state index contributed by atoms with van der Waals surface area (Å²) in [6.45, 7) is 4.00. The van der Waals surface area contributed by atoms with E-state index in [2.05, 4.69) is 10.3 Å². The number of aromatic nitrogens is 1. The Morgan fingerprint density at radius 2 is 2.16 bits per heavy atom. The predicted octanol–water partition coefficient (Wildman–Crippen LogP) is 1.52. The van der Waals surface area contributed by atoms with Gasteiger partial charge in [-0.3, -0.25) is 4.79 Å². The third kappa shape index (κ3) is 3.48. The summed E-state index contributed by atoms with van der Waals surface area (Å²) in [5, 5.41) is 13.2. The Hall–Kier alpha value is -2.01. The fourth-order valence-corrected chi connectivity index (χ4v) is 1.90. The first-order chi connectivity index (χ1) is 9.11. The molecular weight excluding hydrogens is 242 g/mol. The lowest BCUT2D eigenvalue weighted by Crippen LogP contribution is -2.40. The molecule has 1 aromatic carbocycles. The van der Waals surface area contributed by atoms with Crippen LogP contribution in [0.2, 0.25) is 0 Å². The lowest BCUT2D eigenvalue weighted by Gasteiger charge is -2.11. The maximum Gasteiger partial charge on any atom is 0.234 e. The molecule has 1 aromatic heterocycles. The molecule has 0 aliphatic rings. The molecule has 0 spiro atoms. The normalized spacial score (nSPS) is 11.7. The van der Waals surface area contributed by atoms with E-state index in [4.69, 9.17) is 5.73 Å². The molecule has 0 aliphatic heterocycles. The summed E-state index contributed by atoms with van der Waals surface area (Å²) in [6, 6.07) is 4.69. The highest BCUT2D eigenvalue weighted by molar-refractivity contribution is 5.86. The number of carbonyl (C=O) groups is 1. The maximum absolute atomic E-state index is 11.2. The Kier molecular flexibility index (Phi) is 5.38. The third-order valence-electron chi connectivity index (χ3n) is 2.87. The van der Waals surface area contributed by atoms with Crippen molar-refractivity contribution in [3.8, 4) is 5.75 Å². The van der Waals surface area contributed by atoms with Gasteiger partial charge in [0, 0.05) is 17.1 Å². The predicted molar refractivity (Wildman–Crippen MR) is 77.1 cm³/mol. The van der Waals surface area contributed by atoms with E-state index < -0.39 is 6.04 Å². The van der Waals surface area contributed by atoms with Gasteiger partial charge in [0.1, 0.15) is 5.75 Å². The number of phenols is 1. The zero-order chi connectivity index (χ0) is 14.4. The van der Waals surface area contributed by atoms with E-state index in [1.807, 2.05) is 20.0 Å². The number of hydrogen-bond acceptors (Lipinski definition) is 3. The molecule has 5 nitrogen and oxygen atoms in total. The van der Waals surface area contributed by atoms with Crippen LogP contribution in [0.1, 0.15) is 19.4 Å². The molecule has 0 aliphatic carbocycles. The molecular formula is C14H21N3O2. The Bertz CT molecular complexity index is 549. The molecule has 1 heterocycles. The minimum Gasteiger partial charge on any atom is -0.508 e. The van der Waals surface area contributed by atoms with Gasteiger partial charge in [0.05, 0.1) is 6.04 Å². The molecule has 104 valence electrons. The number of nitrogens with two attached hydrogens (primary N) is 1. The molecule has 5 heteroatoms. The zero-order valence-electron chi connectivity index (χ0n) is 11.5. The Balaban J connectivity index is 0.000000861. The summed E-state index contributed by atoms with van der Waals surface area (Å²) < 4.78 is 0. The molecule has 0 fully saturated rings. The molecule has 0 saturated carbocycles. The second-order valence-corrected chi connectivity index (χ2v) is 3.99. The number of carbonyl (C=O) groups excluding carboxylic acids is 1. The van der Waals surface area contributed by atoms with Gasteiger partial charge in [-0.2, -0.15) is 0 Å². The number of hydrogen-bond donors (Lipinski definition) is 4. The first kappa shape index (κ1) is 15.0. The van der Waals surface area contributed by atoms with Crippen molar-refractivity contribution >= 4 is 16.8 Å². The van der Waals surface area contributed by atoms with Crippen molar-refractivity contribution in [2.45, 2.75) is 26.3 Å². The molecule has 1 unspecified atom stereocenters. The van der Waals surface area contributed by atoms with Crippen LogP contribution in [0.3, 0.4) is 0 Å². The van der Waals surface area contributed by atoms with Gasteiger partial charge in [0.15, 0.2) is 0 Å². The molecule has 19 heavy (non-hydrogen) atoms. The lowest BCUT2D eigenvalue weighted by atomic mass is 10.0. The van der Waals surface area contributed by atoms with Gasteiger partial charge in [0.25, 0.3) is 0 Å². The SMILES string of the molecule is CC.CNC(Cc1c[nH]c2ccc(O)cc12)C(N)=O. The van der Waals surface area contributed by atoms with E-state index >= 15 is 0 Å². The van der Waals surface area contributed by atoms with Crippen molar-refractivity contribution in [3.63, 3.8) is 0 Å². The number of benzene rings is 1.